The maximum Gasteiger partial charge on any atom is 0.226 e. The Balaban J connectivity index is 1.66. The van der Waals surface area contributed by atoms with Crippen LogP contribution in [0.3, 0.4) is 0 Å². The molecule has 0 amide bonds. The highest BCUT2D eigenvalue weighted by atomic mass is 35.5. The van der Waals surface area contributed by atoms with Crippen molar-refractivity contribution >= 4 is 22.4 Å². The van der Waals surface area contributed by atoms with Gasteiger partial charge in [0.05, 0.1) is 11.4 Å². The van der Waals surface area contributed by atoms with Crippen LogP contribution in [0.2, 0.25) is 5.02 Å². The van der Waals surface area contributed by atoms with Crippen molar-refractivity contribution in [2.75, 3.05) is 0 Å². The maximum atomic E-state index is 12.2. The molecule has 112 valence electrons. The Morgan fingerprint density at radius 3 is 2.64 bits per heavy atom. The minimum atomic E-state index is -1.05. The second-order valence-electron chi connectivity index (χ2n) is 4.87. The number of hydrogen-bond acceptors (Lipinski definition) is 3. The molecule has 3 aromatic rings. The Morgan fingerprint density at radius 1 is 1.05 bits per heavy atom. The zero-order valence-corrected chi connectivity index (χ0v) is 13.3. The summed E-state index contributed by atoms with van der Waals surface area (Å²) >= 11 is 5.93. The Hall–Kier alpha value is -1.91. The summed E-state index contributed by atoms with van der Waals surface area (Å²) < 4.78 is 17.7. The summed E-state index contributed by atoms with van der Waals surface area (Å²) in [7, 11) is -1.05. The van der Waals surface area contributed by atoms with Crippen LogP contribution < -0.4 is 0 Å². The number of hydrogen-bond donors (Lipinski definition) is 0. The van der Waals surface area contributed by atoms with Crippen LogP contribution in [0.1, 0.15) is 11.3 Å². The first kappa shape index (κ1) is 15.0. The van der Waals surface area contributed by atoms with Crippen LogP contribution in [0, 0.1) is 0 Å². The summed E-state index contributed by atoms with van der Waals surface area (Å²) in [6, 6.07) is 17.1. The lowest BCUT2D eigenvalue weighted by Crippen LogP contribution is -1.99. The van der Waals surface area contributed by atoms with Crippen LogP contribution in [-0.4, -0.2) is 9.19 Å². The normalized spacial score (nSPS) is 12.2. The van der Waals surface area contributed by atoms with Gasteiger partial charge in [0.25, 0.3) is 0 Å². The molecule has 0 aliphatic carbocycles. The largest absolute Gasteiger partial charge is 0.444 e. The number of halogens is 1. The van der Waals surface area contributed by atoms with E-state index >= 15 is 0 Å². The standard InChI is InChI=1S/C17H14ClNO2S/c18-15-8-4-5-13(9-15)11-22(20)12-16-10-21-17(19-16)14-6-2-1-3-7-14/h1-10H,11-12H2/t22-/m0/s1. The third-order valence-electron chi connectivity index (χ3n) is 3.10. The summed E-state index contributed by atoms with van der Waals surface area (Å²) in [6.45, 7) is 0. The molecule has 0 unspecified atom stereocenters. The van der Waals surface area contributed by atoms with Gasteiger partial charge in [-0.3, -0.25) is 4.21 Å². The first-order valence-corrected chi connectivity index (χ1v) is 8.66. The molecule has 0 saturated heterocycles. The highest BCUT2D eigenvalue weighted by molar-refractivity contribution is 7.83. The maximum absolute atomic E-state index is 12.2. The number of oxazole rings is 1. The molecule has 0 fully saturated rings. The fourth-order valence-electron chi connectivity index (χ4n) is 2.12. The SMILES string of the molecule is O=[S@@](Cc1cccc(Cl)c1)Cc1coc(-c2ccccc2)n1. The Labute approximate surface area is 136 Å². The molecule has 0 aliphatic heterocycles. The molecule has 0 saturated carbocycles. The van der Waals surface area contributed by atoms with Crippen molar-refractivity contribution in [3.05, 3.63) is 77.1 Å². The molecule has 1 atom stereocenters. The zero-order valence-electron chi connectivity index (χ0n) is 11.7. The van der Waals surface area contributed by atoms with Gasteiger partial charge in [0.2, 0.25) is 5.89 Å². The minimum absolute atomic E-state index is 0.364. The summed E-state index contributed by atoms with van der Waals surface area (Å²) in [5.74, 6) is 1.37. The molecule has 3 nitrogen and oxygen atoms in total. The number of rotatable bonds is 5. The third-order valence-corrected chi connectivity index (χ3v) is 4.61. The van der Waals surface area contributed by atoms with Crippen molar-refractivity contribution in [2.24, 2.45) is 0 Å². The molecule has 0 aliphatic rings. The van der Waals surface area contributed by atoms with E-state index in [9.17, 15) is 4.21 Å². The second kappa shape index (κ2) is 6.90. The van der Waals surface area contributed by atoms with Gasteiger partial charge in [-0.15, -0.1) is 0 Å². The van der Waals surface area contributed by atoms with Crippen molar-refractivity contribution in [3.63, 3.8) is 0 Å². The van der Waals surface area contributed by atoms with Crippen molar-refractivity contribution in [3.8, 4) is 11.5 Å². The third kappa shape index (κ3) is 3.84. The van der Waals surface area contributed by atoms with E-state index < -0.39 is 10.8 Å². The van der Waals surface area contributed by atoms with E-state index in [2.05, 4.69) is 4.98 Å². The van der Waals surface area contributed by atoms with E-state index in [0.29, 0.717) is 28.1 Å². The molecule has 0 radical (unpaired) electrons. The van der Waals surface area contributed by atoms with Gasteiger partial charge in [0, 0.05) is 27.1 Å². The van der Waals surface area contributed by atoms with Crippen LogP contribution in [0.4, 0.5) is 0 Å². The lowest BCUT2D eigenvalue weighted by atomic mass is 10.2. The van der Waals surface area contributed by atoms with Gasteiger partial charge < -0.3 is 4.42 Å². The molecule has 0 spiro atoms. The van der Waals surface area contributed by atoms with Crippen molar-refractivity contribution < 1.29 is 8.63 Å². The summed E-state index contributed by atoms with van der Waals surface area (Å²) in [4.78, 5) is 4.39. The average Bonchev–Trinajstić information content (AvgIpc) is 2.96. The van der Waals surface area contributed by atoms with Crippen LogP contribution >= 0.6 is 11.6 Å². The monoisotopic (exact) mass is 331 g/mol. The van der Waals surface area contributed by atoms with Crippen molar-refractivity contribution in [2.45, 2.75) is 11.5 Å². The van der Waals surface area contributed by atoms with Crippen molar-refractivity contribution in [1.82, 2.24) is 4.98 Å². The van der Waals surface area contributed by atoms with E-state index in [1.54, 1.807) is 12.3 Å². The van der Waals surface area contributed by atoms with Gasteiger partial charge >= 0.3 is 0 Å². The number of aromatic nitrogens is 1. The summed E-state index contributed by atoms with van der Waals surface area (Å²) in [5.41, 5.74) is 2.56. The molecular weight excluding hydrogens is 318 g/mol. The van der Waals surface area contributed by atoms with Gasteiger partial charge in [-0.05, 0) is 29.8 Å². The molecule has 22 heavy (non-hydrogen) atoms. The predicted molar refractivity (Wildman–Crippen MR) is 88.9 cm³/mol. The highest BCUT2D eigenvalue weighted by Crippen LogP contribution is 2.19. The molecule has 3 rings (SSSR count). The first-order chi connectivity index (χ1) is 10.7. The van der Waals surface area contributed by atoms with Crippen LogP contribution in [0.25, 0.3) is 11.5 Å². The fraction of sp³-hybridized carbons (Fsp3) is 0.118. The first-order valence-electron chi connectivity index (χ1n) is 6.80. The van der Waals surface area contributed by atoms with Gasteiger partial charge in [0.15, 0.2) is 0 Å². The van der Waals surface area contributed by atoms with E-state index in [4.69, 9.17) is 16.0 Å². The van der Waals surface area contributed by atoms with Gasteiger partial charge in [-0.25, -0.2) is 4.98 Å². The topological polar surface area (TPSA) is 43.1 Å². The molecule has 0 bridgehead atoms. The Kier molecular flexibility index (Phi) is 4.71. The van der Waals surface area contributed by atoms with E-state index in [1.807, 2.05) is 48.5 Å². The van der Waals surface area contributed by atoms with Gasteiger partial charge in [0.1, 0.15) is 6.26 Å². The van der Waals surface area contributed by atoms with Crippen LogP contribution in [0.15, 0.2) is 65.3 Å². The Morgan fingerprint density at radius 2 is 1.86 bits per heavy atom. The quantitative estimate of drug-likeness (QED) is 0.694. The van der Waals surface area contributed by atoms with Crippen LogP contribution in [0.5, 0.6) is 0 Å². The highest BCUT2D eigenvalue weighted by Gasteiger charge is 2.10. The summed E-state index contributed by atoms with van der Waals surface area (Å²) in [5, 5.41) is 0.655. The van der Waals surface area contributed by atoms with E-state index in [1.165, 1.54) is 0 Å². The number of nitrogens with zero attached hydrogens (tertiary/aromatic N) is 1. The summed E-state index contributed by atoms with van der Waals surface area (Å²) in [6.07, 6.45) is 1.57. The predicted octanol–water partition coefficient (Wildman–Crippen LogP) is 4.44. The molecule has 5 heteroatoms. The van der Waals surface area contributed by atoms with Crippen molar-refractivity contribution in [1.29, 1.82) is 0 Å². The molecular formula is C17H14ClNO2S. The molecule has 0 N–H and O–H groups in total. The zero-order chi connectivity index (χ0) is 15.4. The average molecular weight is 332 g/mol. The molecule has 1 aromatic heterocycles. The Bertz CT molecular complexity index is 786. The lowest BCUT2D eigenvalue weighted by molar-refractivity contribution is 0.573. The molecule has 2 aromatic carbocycles. The van der Waals surface area contributed by atoms with E-state index in [-0.39, 0.29) is 0 Å². The second-order valence-corrected chi connectivity index (χ2v) is 6.76. The minimum Gasteiger partial charge on any atom is -0.444 e. The number of benzene rings is 2. The fourth-order valence-corrected chi connectivity index (χ4v) is 3.44. The van der Waals surface area contributed by atoms with Gasteiger partial charge in [-0.2, -0.15) is 0 Å². The van der Waals surface area contributed by atoms with Gasteiger partial charge in [-0.1, -0.05) is 41.9 Å². The van der Waals surface area contributed by atoms with Crippen LogP contribution in [-0.2, 0) is 22.3 Å². The molecule has 1 heterocycles. The smallest absolute Gasteiger partial charge is 0.226 e. The lowest BCUT2D eigenvalue weighted by Gasteiger charge is -2.01. The van der Waals surface area contributed by atoms with E-state index in [0.717, 1.165) is 11.1 Å².